The summed E-state index contributed by atoms with van der Waals surface area (Å²) in [5.74, 6) is -7.72. The number of benzene rings is 4. The Balaban J connectivity index is 0.000000653. The van der Waals surface area contributed by atoms with Crippen LogP contribution in [0.15, 0.2) is 121 Å². The van der Waals surface area contributed by atoms with Gasteiger partial charge in [-0.1, -0.05) is 302 Å². The van der Waals surface area contributed by atoms with Crippen LogP contribution in [-0.4, -0.2) is 154 Å². The maximum atomic E-state index is 14.1. The molecule has 122 heavy (non-hydrogen) atoms. The summed E-state index contributed by atoms with van der Waals surface area (Å²) >= 11 is 0. The van der Waals surface area contributed by atoms with Crippen LogP contribution in [0.4, 0.5) is 0 Å². The molecule has 0 fully saturated rings. The van der Waals surface area contributed by atoms with Crippen molar-refractivity contribution >= 4 is 58.6 Å². The topological polar surface area (TPSA) is 345 Å². The van der Waals surface area contributed by atoms with Gasteiger partial charge in [-0.3, -0.25) is 42.5 Å². The van der Waals surface area contributed by atoms with Gasteiger partial charge in [0.1, 0.15) is 26.4 Å². The van der Waals surface area contributed by atoms with Crippen LogP contribution in [0, 0.1) is 17.8 Å². The number of rotatable bonds is 78. The molecule has 0 radical (unpaired) electrons. The van der Waals surface area contributed by atoms with E-state index >= 15 is 0 Å². The van der Waals surface area contributed by atoms with Gasteiger partial charge < -0.3 is 76.0 Å². The number of unbranched alkanes of at least 4 members (excludes halogenated alkanes) is 26. The molecule has 0 aromatic heterocycles. The fraction of sp³-hybridized carbons (Fsp3) is 0.681. The minimum Gasteiger partial charge on any atom is -0.481 e. The van der Waals surface area contributed by atoms with Crippen molar-refractivity contribution in [1.82, 2.24) is 0 Å². The van der Waals surface area contributed by atoms with Gasteiger partial charge >= 0.3 is 58.6 Å². The Morgan fingerprint density at radius 3 is 0.828 bits per heavy atom. The van der Waals surface area contributed by atoms with Crippen molar-refractivity contribution in [2.75, 3.05) is 97.8 Å². The molecule has 0 saturated carbocycles. The number of aliphatic carboxylic acids is 2. The summed E-state index contributed by atoms with van der Waals surface area (Å²) in [4.78, 5) is 91.2. The Morgan fingerprint density at radius 2 is 0.549 bits per heavy atom. The average Bonchev–Trinajstić information content (AvgIpc) is 1.02. The van der Waals surface area contributed by atoms with Gasteiger partial charge in [0.05, 0.1) is 62.7 Å². The van der Waals surface area contributed by atoms with Crippen LogP contribution in [0.5, 0.6) is 0 Å². The first-order valence-electron chi connectivity index (χ1n) is 45.5. The third-order valence-electron chi connectivity index (χ3n) is 20.0. The van der Waals surface area contributed by atoms with Crippen LogP contribution in [0.1, 0.15) is 294 Å². The average molecular weight is 1780 g/mol. The van der Waals surface area contributed by atoms with Crippen molar-refractivity contribution in [2.24, 2.45) is 17.8 Å². The maximum absolute atomic E-state index is 14.1. The molecular formula is C94H153O25P3. The van der Waals surface area contributed by atoms with E-state index in [1.165, 1.54) is 161 Å². The molecule has 0 aliphatic heterocycles. The van der Waals surface area contributed by atoms with Gasteiger partial charge in [-0.05, 0) is 93.9 Å². The zero-order valence-corrected chi connectivity index (χ0v) is 77.0. The predicted octanol–water partition coefficient (Wildman–Crippen LogP) is 22.6. The minimum atomic E-state index is -4.45. The van der Waals surface area contributed by atoms with E-state index in [4.69, 9.17) is 61.1 Å². The van der Waals surface area contributed by atoms with Crippen molar-refractivity contribution in [3.05, 3.63) is 144 Å². The number of carboxylic acids is 2. The molecule has 4 aromatic rings. The Bertz CT molecular complexity index is 3350. The molecule has 5 unspecified atom stereocenters. The fourth-order valence-corrected chi connectivity index (χ4v) is 17.8. The second-order valence-electron chi connectivity index (χ2n) is 30.9. The van der Waals surface area contributed by atoms with E-state index in [0.717, 1.165) is 41.5 Å². The van der Waals surface area contributed by atoms with Crippen LogP contribution in [-0.2, 0) is 125 Å². The van der Waals surface area contributed by atoms with E-state index < -0.39 is 82.5 Å². The molecule has 694 valence electrons. The van der Waals surface area contributed by atoms with Crippen molar-refractivity contribution in [3.63, 3.8) is 0 Å². The molecule has 28 heteroatoms. The van der Waals surface area contributed by atoms with E-state index in [1.54, 1.807) is 24.3 Å². The van der Waals surface area contributed by atoms with Gasteiger partial charge in [0.25, 0.3) is 0 Å². The van der Waals surface area contributed by atoms with Crippen LogP contribution in [0.3, 0.4) is 0 Å². The first kappa shape index (κ1) is 112. The lowest BCUT2D eigenvalue weighted by Gasteiger charge is -2.23. The first-order valence-corrected chi connectivity index (χ1v) is 50.7. The normalized spacial score (nSPS) is 13.1. The van der Waals surface area contributed by atoms with Crippen molar-refractivity contribution in [1.29, 1.82) is 0 Å². The summed E-state index contributed by atoms with van der Waals surface area (Å²) in [5, 5.41) is 18.4. The van der Waals surface area contributed by atoms with E-state index in [9.17, 15) is 57.4 Å². The molecule has 0 bridgehead atoms. The van der Waals surface area contributed by atoms with Gasteiger partial charge in [-0.15, -0.1) is 0 Å². The largest absolute Gasteiger partial charge is 0.481 e. The number of ether oxygens (including phenoxy) is 8. The molecule has 0 saturated heterocycles. The van der Waals surface area contributed by atoms with Gasteiger partial charge in [0, 0.05) is 72.1 Å². The Kier molecular flexibility index (Phi) is 70.0. The fourth-order valence-electron chi connectivity index (χ4n) is 12.9. The Labute approximate surface area is 730 Å². The second kappa shape index (κ2) is 76.2. The van der Waals surface area contributed by atoms with Gasteiger partial charge in [-0.25, -0.2) is 0 Å². The van der Waals surface area contributed by atoms with Crippen molar-refractivity contribution < 1.29 is 118 Å². The van der Waals surface area contributed by atoms with Crippen LogP contribution in [0.2, 0.25) is 0 Å². The molecule has 5 atom stereocenters. The number of esters is 4. The first-order chi connectivity index (χ1) is 59.1. The number of carboxylic acid groups (broad SMARTS) is 2. The quantitative estimate of drug-likeness (QED) is 0.0138. The number of hydrogen-bond donors (Lipinski definition) is 4. The minimum absolute atomic E-state index is 0.00418. The zero-order chi connectivity index (χ0) is 88.9. The lowest BCUT2D eigenvalue weighted by molar-refractivity contribution is -0.152. The molecule has 0 aliphatic rings. The predicted molar refractivity (Wildman–Crippen MR) is 478 cm³/mol. The molecule has 0 heterocycles. The summed E-state index contributed by atoms with van der Waals surface area (Å²) < 4.78 is 105. The van der Waals surface area contributed by atoms with Crippen molar-refractivity contribution in [2.45, 2.75) is 298 Å². The number of carbonyl (C=O) groups is 6. The highest BCUT2D eigenvalue weighted by Gasteiger charge is 2.36. The van der Waals surface area contributed by atoms with Gasteiger partial charge in [-0.2, -0.15) is 0 Å². The second-order valence-corrected chi connectivity index (χ2v) is 36.8. The summed E-state index contributed by atoms with van der Waals surface area (Å²) in [6.07, 6.45) is 37.0. The molecule has 0 aliphatic carbocycles. The summed E-state index contributed by atoms with van der Waals surface area (Å²) in [7, 11) is -11.9. The Hall–Kier alpha value is -6.01. The highest BCUT2D eigenvalue weighted by Crippen LogP contribution is 2.52. The standard InChI is InChI=1S/C44H71O9P.C30H59O9P.C20H23O7P/c1-3-5-6-7-8-9-10-11-12-13-14-15-16-23-32-49-34-25-36-53-54(47,52-35-24-33-48-4-2)39-42(44(46)51-38-41-28-21-18-22-29-41)30-31-43(45)50-37-40-26-19-17-20-27-40;1-3-5-6-7-8-9-10-11-12-13-14-15-16-17-22-37-24-19-26-39-40(35,38-25-18-23-36-4-2)27-28(30(33)34)20-21-29(31)32;21-19(26-13-16-7-3-1-4-8-16)12-11-18(15-28(23,24)25)20(22)27-14-17-9-5-2-6-10-17/h17-22,26-29,42H,3-16,23-25,30-39H2,1-2H3;28H,3-27H2,1-2H3,(H,31,32)(H,33,34);1-10,18H,11-15H2,(H2,23,24,25). The number of carbonyl (C=O) groups excluding carboxylic acids is 4. The lowest BCUT2D eigenvalue weighted by atomic mass is 10.0. The SMILES string of the molecule is CCCCCCCCCCCCCCCCOCCCOP(=O)(CC(CCC(=O)O)C(=O)O)OCCCOCC.CCCCCCCCCCCCCCCCOCCCOP(=O)(CC(CCC(=O)OCc1ccccc1)C(=O)OCc1ccccc1)OCCCOCC.O=C(CCC(CP(=O)(O)O)C(=O)OCc1ccccc1)OCc1ccccc1. The number of hydrogen-bond acceptors (Lipinski definition) is 21. The van der Waals surface area contributed by atoms with E-state index in [-0.39, 0.29) is 104 Å². The monoisotopic (exact) mass is 1770 g/mol. The maximum Gasteiger partial charge on any atom is 0.331 e. The third-order valence-corrected chi connectivity index (χ3v) is 25.0. The summed E-state index contributed by atoms with van der Waals surface area (Å²) in [6, 6.07) is 36.8. The molecule has 4 aromatic carbocycles. The molecule has 25 nitrogen and oxygen atoms in total. The smallest absolute Gasteiger partial charge is 0.331 e. The molecule has 0 amide bonds. The van der Waals surface area contributed by atoms with Crippen LogP contribution < -0.4 is 0 Å². The Morgan fingerprint density at radius 1 is 0.295 bits per heavy atom. The van der Waals surface area contributed by atoms with Crippen LogP contribution in [0.25, 0.3) is 0 Å². The molecule has 4 rings (SSSR count). The van der Waals surface area contributed by atoms with E-state index in [1.807, 2.05) is 111 Å². The van der Waals surface area contributed by atoms with E-state index in [2.05, 4.69) is 13.8 Å². The molecule has 4 N–H and O–H groups in total. The van der Waals surface area contributed by atoms with Gasteiger partial charge in [0.15, 0.2) is 0 Å². The van der Waals surface area contributed by atoms with Crippen molar-refractivity contribution in [3.8, 4) is 0 Å². The van der Waals surface area contributed by atoms with Gasteiger partial charge in [0.2, 0.25) is 0 Å². The lowest BCUT2D eigenvalue weighted by Crippen LogP contribution is -2.24. The molecule has 0 spiro atoms. The third kappa shape index (κ3) is 66.4. The van der Waals surface area contributed by atoms with E-state index in [0.29, 0.717) is 78.5 Å². The van der Waals surface area contributed by atoms with Crippen LogP contribution >= 0.6 is 22.8 Å². The highest BCUT2D eigenvalue weighted by atomic mass is 31.2. The summed E-state index contributed by atoms with van der Waals surface area (Å²) in [5.41, 5.74) is 3.28. The highest BCUT2D eigenvalue weighted by molar-refractivity contribution is 7.54. The summed E-state index contributed by atoms with van der Waals surface area (Å²) in [6.45, 7) is 13.5. The zero-order valence-electron chi connectivity index (χ0n) is 74.3. The molecular weight excluding hydrogens is 1620 g/mol.